The molecular weight excluding hydrogens is 242 g/mol. The van der Waals surface area contributed by atoms with Crippen molar-refractivity contribution in [2.75, 3.05) is 12.3 Å². The quantitative estimate of drug-likeness (QED) is 0.617. The van der Waals surface area contributed by atoms with Gasteiger partial charge in [-0.2, -0.15) is 0 Å². The first-order valence-corrected chi connectivity index (χ1v) is 6.99. The summed E-state index contributed by atoms with van der Waals surface area (Å²) in [6, 6.07) is 17.7. The average Bonchev–Trinajstić information content (AvgIpc) is 2.42. The molecule has 0 aliphatic rings. The highest BCUT2D eigenvalue weighted by molar-refractivity contribution is 7.99. The van der Waals surface area contributed by atoms with Gasteiger partial charge in [0.25, 0.3) is 0 Å². The first kappa shape index (κ1) is 13.0. The highest BCUT2D eigenvalue weighted by Crippen LogP contribution is 2.19. The molecule has 0 radical (unpaired) electrons. The molecular formula is C15H17NOS. The van der Waals surface area contributed by atoms with E-state index in [-0.39, 0.29) is 0 Å². The highest BCUT2D eigenvalue weighted by atomic mass is 32.2. The Labute approximate surface area is 112 Å². The third kappa shape index (κ3) is 4.43. The second-order valence-electron chi connectivity index (χ2n) is 4.00. The summed E-state index contributed by atoms with van der Waals surface area (Å²) in [5, 5.41) is 12.6. The lowest BCUT2D eigenvalue weighted by molar-refractivity contribution is 0.475. The maximum absolute atomic E-state index is 9.17. The number of phenols is 1. The lowest BCUT2D eigenvalue weighted by Crippen LogP contribution is -2.16. The van der Waals surface area contributed by atoms with Crippen LogP contribution in [-0.2, 0) is 6.54 Å². The normalized spacial score (nSPS) is 10.4. The Morgan fingerprint density at radius 1 is 0.944 bits per heavy atom. The van der Waals surface area contributed by atoms with Gasteiger partial charge >= 0.3 is 0 Å². The van der Waals surface area contributed by atoms with Gasteiger partial charge in [-0.3, -0.25) is 0 Å². The summed E-state index contributed by atoms with van der Waals surface area (Å²) in [4.78, 5) is 1.19. The van der Waals surface area contributed by atoms with Gasteiger partial charge in [0.15, 0.2) is 0 Å². The van der Waals surface area contributed by atoms with Gasteiger partial charge in [0, 0.05) is 23.7 Å². The van der Waals surface area contributed by atoms with E-state index in [2.05, 4.69) is 29.6 Å². The molecule has 0 fully saturated rings. The summed E-state index contributed by atoms with van der Waals surface area (Å²) in [5.41, 5.74) is 1.31. The van der Waals surface area contributed by atoms with Crippen molar-refractivity contribution < 1.29 is 5.11 Å². The second kappa shape index (κ2) is 7.09. The maximum Gasteiger partial charge on any atom is 0.115 e. The average molecular weight is 259 g/mol. The fourth-order valence-corrected chi connectivity index (χ4v) is 2.42. The smallest absolute Gasteiger partial charge is 0.115 e. The molecule has 18 heavy (non-hydrogen) atoms. The molecule has 2 N–H and O–H groups in total. The second-order valence-corrected chi connectivity index (χ2v) is 5.17. The van der Waals surface area contributed by atoms with Crippen molar-refractivity contribution in [2.24, 2.45) is 0 Å². The summed E-state index contributed by atoms with van der Waals surface area (Å²) in [5.74, 6) is 1.35. The number of thioether (sulfide) groups is 1. The van der Waals surface area contributed by atoms with Crippen molar-refractivity contribution in [1.29, 1.82) is 0 Å². The summed E-state index contributed by atoms with van der Waals surface area (Å²) in [6.07, 6.45) is 0. The van der Waals surface area contributed by atoms with Crippen LogP contribution in [0.2, 0.25) is 0 Å². The van der Waals surface area contributed by atoms with Crippen LogP contribution in [0.1, 0.15) is 5.56 Å². The van der Waals surface area contributed by atoms with Gasteiger partial charge in [-0.1, -0.05) is 30.3 Å². The number of phenolic OH excluding ortho intramolecular Hbond substituents is 1. The van der Waals surface area contributed by atoms with Gasteiger partial charge in [-0.05, 0) is 29.8 Å². The van der Waals surface area contributed by atoms with Crippen molar-refractivity contribution in [3.05, 3.63) is 60.2 Å². The Hall–Kier alpha value is -1.45. The third-order valence-corrected chi connectivity index (χ3v) is 3.57. The van der Waals surface area contributed by atoms with E-state index < -0.39 is 0 Å². The van der Waals surface area contributed by atoms with E-state index in [0.29, 0.717) is 5.75 Å². The van der Waals surface area contributed by atoms with E-state index >= 15 is 0 Å². The van der Waals surface area contributed by atoms with Gasteiger partial charge in [0.2, 0.25) is 0 Å². The van der Waals surface area contributed by atoms with Crippen molar-refractivity contribution in [3.63, 3.8) is 0 Å². The minimum atomic E-state index is 0.321. The number of nitrogens with one attached hydrogen (secondary N) is 1. The fraction of sp³-hybridized carbons (Fsp3) is 0.200. The molecule has 0 amide bonds. The summed E-state index contributed by atoms with van der Waals surface area (Å²) in [6.45, 7) is 1.89. The molecule has 0 spiro atoms. The molecule has 2 rings (SSSR count). The van der Waals surface area contributed by atoms with Crippen LogP contribution in [0.4, 0.5) is 0 Å². The van der Waals surface area contributed by atoms with Gasteiger partial charge in [0.05, 0.1) is 0 Å². The molecule has 0 saturated carbocycles. The lowest BCUT2D eigenvalue weighted by Gasteiger charge is -2.05. The molecule has 94 valence electrons. The van der Waals surface area contributed by atoms with Gasteiger partial charge < -0.3 is 10.4 Å². The van der Waals surface area contributed by atoms with Crippen LogP contribution in [0.3, 0.4) is 0 Å². The fourth-order valence-electron chi connectivity index (χ4n) is 1.61. The Bertz CT molecular complexity index is 456. The van der Waals surface area contributed by atoms with E-state index in [1.807, 2.05) is 18.2 Å². The van der Waals surface area contributed by atoms with Crippen molar-refractivity contribution in [3.8, 4) is 5.75 Å². The van der Waals surface area contributed by atoms with Crippen LogP contribution < -0.4 is 5.32 Å². The Kier molecular flexibility index (Phi) is 5.12. The lowest BCUT2D eigenvalue weighted by atomic mass is 10.2. The summed E-state index contributed by atoms with van der Waals surface area (Å²) in [7, 11) is 0. The van der Waals surface area contributed by atoms with Crippen LogP contribution in [0.5, 0.6) is 5.75 Å². The number of rotatable bonds is 6. The summed E-state index contributed by atoms with van der Waals surface area (Å²) >= 11 is 1.79. The van der Waals surface area contributed by atoms with Gasteiger partial charge in [-0.15, -0.1) is 11.8 Å². The van der Waals surface area contributed by atoms with Crippen LogP contribution in [0.15, 0.2) is 59.5 Å². The van der Waals surface area contributed by atoms with Crippen LogP contribution in [0, 0.1) is 0 Å². The topological polar surface area (TPSA) is 32.3 Å². The molecule has 2 aromatic carbocycles. The molecule has 0 atom stereocenters. The molecule has 0 heterocycles. The third-order valence-electron chi connectivity index (χ3n) is 2.56. The van der Waals surface area contributed by atoms with E-state index in [0.717, 1.165) is 18.8 Å². The zero-order chi connectivity index (χ0) is 12.6. The summed E-state index contributed by atoms with van der Waals surface area (Å²) < 4.78 is 0. The van der Waals surface area contributed by atoms with Gasteiger partial charge in [-0.25, -0.2) is 0 Å². The van der Waals surface area contributed by atoms with Crippen molar-refractivity contribution in [2.45, 2.75) is 11.4 Å². The van der Waals surface area contributed by atoms with E-state index in [9.17, 15) is 5.11 Å². The predicted octanol–water partition coefficient (Wildman–Crippen LogP) is 3.27. The maximum atomic E-state index is 9.17. The molecule has 0 aromatic heterocycles. The zero-order valence-electron chi connectivity index (χ0n) is 10.2. The van der Waals surface area contributed by atoms with Crippen LogP contribution >= 0.6 is 11.8 Å². The molecule has 0 aliphatic heterocycles. The van der Waals surface area contributed by atoms with E-state index in [4.69, 9.17) is 0 Å². The van der Waals surface area contributed by atoms with Gasteiger partial charge in [0.1, 0.15) is 5.75 Å². The predicted molar refractivity (Wildman–Crippen MR) is 77.0 cm³/mol. The monoisotopic (exact) mass is 259 g/mol. The number of aromatic hydroxyl groups is 1. The Balaban J connectivity index is 1.63. The zero-order valence-corrected chi connectivity index (χ0v) is 11.0. The largest absolute Gasteiger partial charge is 0.508 e. The molecule has 0 bridgehead atoms. The Morgan fingerprint density at radius 3 is 2.39 bits per heavy atom. The molecule has 2 aromatic rings. The standard InChI is InChI=1S/C15H17NOS/c17-14-6-8-15(9-7-14)18-11-10-16-12-13-4-2-1-3-5-13/h1-9,16-17H,10-12H2. The highest BCUT2D eigenvalue weighted by Gasteiger charge is 1.95. The number of benzene rings is 2. The SMILES string of the molecule is Oc1ccc(SCCNCc2ccccc2)cc1. The van der Waals surface area contributed by atoms with E-state index in [1.165, 1.54) is 10.5 Å². The van der Waals surface area contributed by atoms with Crippen LogP contribution in [-0.4, -0.2) is 17.4 Å². The number of hydrogen-bond acceptors (Lipinski definition) is 3. The molecule has 0 unspecified atom stereocenters. The number of hydrogen-bond donors (Lipinski definition) is 2. The first-order valence-electron chi connectivity index (χ1n) is 6.01. The first-order chi connectivity index (χ1) is 8.84. The molecule has 0 saturated heterocycles. The Morgan fingerprint density at radius 2 is 1.67 bits per heavy atom. The molecule has 0 aliphatic carbocycles. The van der Waals surface area contributed by atoms with Crippen molar-refractivity contribution >= 4 is 11.8 Å². The minimum Gasteiger partial charge on any atom is -0.508 e. The van der Waals surface area contributed by atoms with E-state index in [1.54, 1.807) is 23.9 Å². The van der Waals surface area contributed by atoms with Crippen LogP contribution in [0.25, 0.3) is 0 Å². The molecule has 2 nitrogen and oxygen atoms in total. The minimum absolute atomic E-state index is 0.321. The molecule has 3 heteroatoms. The van der Waals surface area contributed by atoms with Crippen molar-refractivity contribution in [1.82, 2.24) is 5.32 Å².